The van der Waals surface area contributed by atoms with E-state index in [2.05, 4.69) is 0 Å². The van der Waals surface area contributed by atoms with Gasteiger partial charge in [0.25, 0.3) is 17.5 Å². The van der Waals surface area contributed by atoms with E-state index in [-0.39, 0.29) is 16.9 Å². The molecule has 0 atom stereocenters. The van der Waals surface area contributed by atoms with Crippen LogP contribution in [0, 0.1) is 17.0 Å². The normalized spacial score (nSPS) is 12.9. The number of imide groups is 1. The summed E-state index contributed by atoms with van der Waals surface area (Å²) in [7, 11) is 0. The third kappa shape index (κ3) is 2.97. The summed E-state index contributed by atoms with van der Waals surface area (Å²) in [6.07, 6.45) is 0. The molecular weight excluding hydrogens is 328 g/mol. The summed E-state index contributed by atoms with van der Waals surface area (Å²) in [4.78, 5) is 47.7. The van der Waals surface area contributed by atoms with Gasteiger partial charge in [0, 0.05) is 6.07 Å². The first-order chi connectivity index (χ1) is 11.9. The third-order valence-electron chi connectivity index (χ3n) is 3.68. The highest BCUT2D eigenvalue weighted by Crippen LogP contribution is 2.30. The van der Waals surface area contributed by atoms with Gasteiger partial charge in [0.2, 0.25) is 0 Å². The lowest BCUT2D eigenvalue weighted by atomic mass is 10.1. The average molecular weight is 340 g/mol. The number of benzene rings is 2. The summed E-state index contributed by atoms with van der Waals surface area (Å²) in [5, 5.41) is 11.0. The zero-order valence-electron chi connectivity index (χ0n) is 13.1. The molecule has 0 unspecified atom stereocenters. The van der Waals surface area contributed by atoms with Gasteiger partial charge in [-0.1, -0.05) is 18.2 Å². The average Bonchev–Trinajstić information content (AvgIpc) is 2.80. The van der Waals surface area contributed by atoms with Crippen LogP contribution in [0.4, 0.5) is 5.69 Å². The lowest BCUT2D eigenvalue weighted by Gasteiger charge is -2.12. The monoisotopic (exact) mass is 340 g/mol. The number of amides is 2. The Bertz CT molecular complexity index is 921. The minimum absolute atomic E-state index is 0.0949. The van der Waals surface area contributed by atoms with Gasteiger partial charge in [-0.2, -0.15) is 0 Å². The van der Waals surface area contributed by atoms with Gasteiger partial charge in [0.15, 0.2) is 0 Å². The minimum Gasteiger partial charge on any atom is -0.425 e. The fraction of sp³-hybridized carbons (Fsp3) is 0.118. The number of ether oxygens (including phenoxy) is 1. The second kappa shape index (κ2) is 6.16. The smallest absolute Gasteiger partial charge is 0.331 e. The second-order valence-corrected chi connectivity index (χ2v) is 5.44. The maximum absolute atomic E-state index is 12.4. The minimum atomic E-state index is -0.881. The van der Waals surface area contributed by atoms with Crippen LogP contribution in [-0.2, 0) is 4.79 Å². The predicted octanol–water partition coefficient (Wildman–Crippen LogP) is 2.10. The Kier molecular flexibility index (Phi) is 4.02. The van der Waals surface area contributed by atoms with Crippen LogP contribution in [-0.4, -0.2) is 34.2 Å². The van der Waals surface area contributed by atoms with Crippen molar-refractivity contribution >= 4 is 23.5 Å². The van der Waals surface area contributed by atoms with Crippen molar-refractivity contribution in [2.24, 2.45) is 0 Å². The molecule has 0 saturated carbocycles. The van der Waals surface area contributed by atoms with Crippen LogP contribution < -0.4 is 4.74 Å². The Morgan fingerprint density at radius 3 is 2.56 bits per heavy atom. The number of rotatable bonds is 4. The highest BCUT2D eigenvalue weighted by Gasteiger charge is 2.41. The Morgan fingerprint density at radius 2 is 1.88 bits per heavy atom. The van der Waals surface area contributed by atoms with E-state index in [0.29, 0.717) is 4.90 Å². The number of aryl methyl sites for hydroxylation is 1. The lowest BCUT2D eigenvalue weighted by molar-refractivity contribution is -0.385. The third-order valence-corrected chi connectivity index (χ3v) is 3.68. The van der Waals surface area contributed by atoms with Crippen molar-refractivity contribution < 1.29 is 24.0 Å². The van der Waals surface area contributed by atoms with Crippen LogP contribution in [0.3, 0.4) is 0 Å². The first-order valence-electron chi connectivity index (χ1n) is 7.29. The van der Waals surface area contributed by atoms with Gasteiger partial charge in [-0.05, 0) is 30.7 Å². The number of esters is 1. The number of hydrogen-bond donors (Lipinski definition) is 0. The highest BCUT2D eigenvalue weighted by atomic mass is 16.6. The molecule has 0 radical (unpaired) electrons. The predicted molar refractivity (Wildman–Crippen MR) is 85.3 cm³/mol. The van der Waals surface area contributed by atoms with Crippen LogP contribution in [0.2, 0.25) is 0 Å². The summed E-state index contributed by atoms with van der Waals surface area (Å²) < 4.78 is 5.11. The summed E-state index contributed by atoms with van der Waals surface area (Å²) in [6, 6.07) is 10.5. The fourth-order valence-corrected chi connectivity index (χ4v) is 2.58. The molecule has 0 saturated heterocycles. The van der Waals surface area contributed by atoms with Crippen molar-refractivity contribution in [1.82, 2.24) is 4.90 Å². The first-order valence-corrected chi connectivity index (χ1v) is 7.29. The van der Waals surface area contributed by atoms with E-state index in [1.165, 1.54) is 12.1 Å². The largest absolute Gasteiger partial charge is 0.425 e. The Labute approximate surface area is 141 Å². The van der Waals surface area contributed by atoms with Crippen molar-refractivity contribution in [2.75, 3.05) is 6.54 Å². The van der Waals surface area contributed by atoms with E-state index in [4.69, 9.17) is 4.74 Å². The summed E-state index contributed by atoms with van der Waals surface area (Å²) in [6.45, 7) is 1.19. The van der Waals surface area contributed by atoms with Gasteiger partial charge in [-0.3, -0.25) is 24.6 Å². The Balaban J connectivity index is 1.81. The van der Waals surface area contributed by atoms with E-state index < -0.39 is 34.9 Å². The molecule has 2 aromatic carbocycles. The summed E-state index contributed by atoms with van der Waals surface area (Å²) >= 11 is 0. The molecule has 25 heavy (non-hydrogen) atoms. The van der Waals surface area contributed by atoms with Crippen molar-refractivity contribution in [1.29, 1.82) is 0 Å². The molecule has 0 N–H and O–H groups in total. The van der Waals surface area contributed by atoms with Crippen LogP contribution in [0.15, 0.2) is 42.5 Å². The van der Waals surface area contributed by atoms with Gasteiger partial charge < -0.3 is 4.74 Å². The maximum Gasteiger partial charge on any atom is 0.331 e. The SMILES string of the molecule is Cc1cccc(OC(=O)CN2C(=O)c3cccc([N+](=O)[O-])c3C2=O)c1. The molecule has 8 heteroatoms. The van der Waals surface area contributed by atoms with Crippen molar-refractivity contribution in [3.05, 3.63) is 69.3 Å². The van der Waals surface area contributed by atoms with Gasteiger partial charge in [-0.15, -0.1) is 0 Å². The molecule has 0 spiro atoms. The van der Waals surface area contributed by atoms with Gasteiger partial charge in [0.05, 0.1) is 10.5 Å². The van der Waals surface area contributed by atoms with E-state index >= 15 is 0 Å². The molecule has 8 nitrogen and oxygen atoms in total. The molecule has 1 aliphatic heterocycles. The standard InChI is InChI=1S/C17H12N2O6/c1-10-4-2-5-11(8-10)25-14(20)9-18-16(21)12-6-3-7-13(19(23)24)15(12)17(18)22/h2-8H,9H2,1H3. The number of nitro benzene ring substituents is 1. The van der Waals surface area contributed by atoms with Gasteiger partial charge >= 0.3 is 5.97 Å². The zero-order valence-corrected chi connectivity index (χ0v) is 13.1. The molecule has 3 rings (SSSR count). The molecule has 1 heterocycles. The zero-order chi connectivity index (χ0) is 18.1. The van der Waals surface area contributed by atoms with E-state index in [9.17, 15) is 24.5 Å². The number of carbonyl (C=O) groups excluding carboxylic acids is 3. The molecule has 2 amide bonds. The van der Waals surface area contributed by atoms with Crippen LogP contribution in [0.5, 0.6) is 5.75 Å². The van der Waals surface area contributed by atoms with Crippen molar-refractivity contribution in [3.8, 4) is 5.75 Å². The van der Waals surface area contributed by atoms with Crippen LogP contribution >= 0.6 is 0 Å². The summed E-state index contributed by atoms with van der Waals surface area (Å²) in [5.41, 5.74) is 0.00969. The number of carbonyl (C=O) groups is 3. The Morgan fingerprint density at radius 1 is 1.16 bits per heavy atom. The molecule has 0 bridgehead atoms. The lowest BCUT2D eigenvalue weighted by Crippen LogP contribution is -2.36. The molecule has 0 fully saturated rings. The molecule has 0 aliphatic carbocycles. The number of nitrogens with zero attached hydrogens (tertiary/aromatic N) is 2. The van der Waals surface area contributed by atoms with E-state index in [0.717, 1.165) is 11.6 Å². The second-order valence-electron chi connectivity index (χ2n) is 5.44. The molecule has 2 aromatic rings. The van der Waals surface area contributed by atoms with E-state index in [1.807, 2.05) is 13.0 Å². The first kappa shape index (κ1) is 16.3. The topological polar surface area (TPSA) is 107 Å². The van der Waals surface area contributed by atoms with Crippen LogP contribution in [0.1, 0.15) is 26.3 Å². The fourth-order valence-electron chi connectivity index (χ4n) is 2.58. The molecule has 0 aromatic heterocycles. The van der Waals surface area contributed by atoms with Crippen LogP contribution in [0.25, 0.3) is 0 Å². The van der Waals surface area contributed by atoms with Gasteiger partial charge in [0.1, 0.15) is 17.9 Å². The van der Waals surface area contributed by atoms with Crippen molar-refractivity contribution in [3.63, 3.8) is 0 Å². The Hall–Kier alpha value is -3.55. The quantitative estimate of drug-likeness (QED) is 0.277. The molecular formula is C17H12N2O6. The number of nitro groups is 1. The molecule has 1 aliphatic rings. The molecule has 126 valence electrons. The summed E-state index contributed by atoms with van der Waals surface area (Å²) in [5.74, 6) is -2.17. The number of hydrogen-bond acceptors (Lipinski definition) is 6. The van der Waals surface area contributed by atoms with E-state index in [1.54, 1.807) is 18.2 Å². The number of fused-ring (bicyclic) bond motifs is 1. The highest BCUT2D eigenvalue weighted by molar-refractivity contribution is 6.24. The van der Waals surface area contributed by atoms with Crippen molar-refractivity contribution in [2.45, 2.75) is 6.92 Å². The maximum atomic E-state index is 12.4. The van der Waals surface area contributed by atoms with Gasteiger partial charge in [-0.25, -0.2) is 4.79 Å².